The number of pyridine rings is 1. The maximum Gasteiger partial charge on any atom is 0.251 e. The molecule has 6 rings (SSSR count). The van der Waals surface area contributed by atoms with Gasteiger partial charge in [0, 0.05) is 54.6 Å². The highest BCUT2D eigenvalue weighted by Gasteiger charge is 2.57. The molecule has 7 nitrogen and oxygen atoms in total. The van der Waals surface area contributed by atoms with Crippen molar-refractivity contribution in [1.82, 2.24) is 24.6 Å². The number of aryl methyl sites for hydroxylation is 1. The topological polar surface area (TPSA) is 59.3 Å². The lowest BCUT2D eigenvalue weighted by Crippen LogP contribution is -2.59. The molecule has 1 saturated heterocycles. The second-order valence-corrected chi connectivity index (χ2v) is 11.3. The third-order valence-corrected chi connectivity index (χ3v) is 8.37. The van der Waals surface area contributed by atoms with Gasteiger partial charge in [-0.05, 0) is 62.6 Å². The Morgan fingerprint density at radius 3 is 2.51 bits per heavy atom. The molecule has 3 aliphatic rings. The fourth-order valence-corrected chi connectivity index (χ4v) is 6.42. The van der Waals surface area contributed by atoms with E-state index >= 15 is 0 Å². The van der Waals surface area contributed by atoms with E-state index in [1.165, 1.54) is 0 Å². The monoisotopic (exact) mass is 528 g/mol. The van der Waals surface area contributed by atoms with Crippen LogP contribution in [0.15, 0.2) is 30.3 Å². The van der Waals surface area contributed by atoms with Gasteiger partial charge in [-0.1, -0.05) is 11.6 Å². The van der Waals surface area contributed by atoms with Crippen LogP contribution >= 0.6 is 11.6 Å². The van der Waals surface area contributed by atoms with Crippen molar-refractivity contribution in [1.29, 1.82) is 0 Å². The van der Waals surface area contributed by atoms with Gasteiger partial charge in [0.2, 0.25) is 0 Å². The fourth-order valence-electron chi connectivity index (χ4n) is 6.22. The van der Waals surface area contributed by atoms with E-state index in [1.807, 2.05) is 44.2 Å². The number of aromatic nitrogens is 4. The molecule has 1 saturated carbocycles. The predicted molar refractivity (Wildman–Crippen MR) is 138 cm³/mol. The summed E-state index contributed by atoms with van der Waals surface area (Å²) in [5, 5.41) is 9.89. The highest BCUT2D eigenvalue weighted by atomic mass is 35.5. The molecule has 0 unspecified atom stereocenters. The van der Waals surface area contributed by atoms with Crippen LogP contribution in [0.5, 0.6) is 5.75 Å². The largest absolute Gasteiger partial charge is 0.493 e. The summed E-state index contributed by atoms with van der Waals surface area (Å²) in [6, 6.07) is 9.75. The van der Waals surface area contributed by atoms with Gasteiger partial charge in [0.25, 0.3) is 5.92 Å². The maximum atomic E-state index is 13.9. The van der Waals surface area contributed by atoms with Crippen LogP contribution in [-0.4, -0.2) is 56.3 Å². The van der Waals surface area contributed by atoms with Gasteiger partial charge >= 0.3 is 0 Å². The number of alkyl halides is 2. The molecule has 0 N–H and O–H groups in total. The molecular weight excluding hydrogens is 498 g/mol. The molecule has 3 aromatic rings. The number of benzene rings is 1. The van der Waals surface area contributed by atoms with Gasteiger partial charge < -0.3 is 9.64 Å². The summed E-state index contributed by atoms with van der Waals surface area (Å²) < 4.78 is 35.6. The lowest BCUT2D eigenvalue weighted by Gasteiger charge is -2.51. The highest BCUT2D eigenvalue weighted by molar-refractivity contribution is 6.30. The Morgan fingerprint density at radius 2 is 1.81 bits per heavy atom. The molecule has 1 aromatic carbocycles. The van der Waals surface area contributed by atoms with Crippen LogP contribution in [0.1, 0.15) is 61.4 Å². The average Bonchev–Trinajstić information content (AvgIpc) is 3.18. The Morgan fingerprint density at radius 1 is 1.05 bits per heavy atom. The molecule has 0 amide bonds. The van der Waals surface area contributed by atoms with Gasteiger partial charge in [0.1, 0.15) is 5.82 Å². The number of hydrogen-bond acceptors (Lipinski definition) is 6. The first-order valence-corrected chi connectivity index (χ1v) is 13.2. The minimum Gasteiger partial charge on any atom is -0.493 e. The van der Waals surface area contributed by atoms with E-state index in [4.69, 9.17) is 21.3 Å². The van der Waals surface area contributed by atoms with Gasteiger partial charge in [-0.3, -0.25) is 9.47 Å². The zero-order valence-electron chi connectivity index (χ0n) is 21.3. The summed E-state index contributed by atoms with van der Waals surface area (Å²) >= 11 is 6.38. The summed E-state index contributed by atoms with van der Waals surface area (Å²) in [6.07, 6.45) is 1.50. The van der Waals surface area contributed by atoms with Gasteiger partial charge in [-0.2, -0.15) is 0 Å². The number of nitrogens with zero attached hydrogens (tertiary/aromatic N) is 6. The number of hydrogen-bond donors (Lipinski definition) is 0. The average molecular weight is 529 g/mol. The Hall–Kier alpha value is -2.78. The summed E-state index contributed by atoms with van der Waals surface area (Å²) in [5.74, 6) is 0.973. The Kier molecular flexibility index (Phi) is 5.91. The molecule has 37 heavy (non-hydrogen) atoms. The summed E-state index contributed by atoms with van der Waals surface area (Å²) in [4.78, 5) is 9.12. The Labute approximate surface area is 220 Å². The minimum atomic E-state index is -2.61. The van der Waals surface area contributed by atoms with Crippen LogP contribution in [0.25, 0.3) is 5.69 Å². The molecule has 4 heterocycles. The second kappa shape index (κ2) is 8.91. The van der Waals surface area contributed by atoms with Gasteiger partial charge in [0.05, 0.1) is 19.3 Å². The summed E-state index contributed by atoms with van der Waals surface area (Å²) in [5.41, 5.74) is 2.37. The maximum absolute atomic E-state index is 13.9. The zero-order valence-corrected chi connectivity index (χ0v) is 22.1. The zero-order chi connectivity index (χ0) is 25.9. The number of methoxy groups -OCH3 is 1. The normalized spacial score (nSPS) is 21.1. The molecule has 10 heteroatoms. The van der Waals surface area contributed by atoms with Crippen molar-refractivity contribution in [2.75, 3.05) is 25.1 Å². The third-order valence-electron chi connectivity index (χ3n) is 8.13. The van der Waals surface area contributed by atoms with Gasteiger partial charge in [-0.15, -0.1) is 10.2 Å². The van der Waals surface area contributed by atoms with Crippen LogP contribution in [0.2, 0.25) is 5.02 Å². The van der Waals surface area contributed by atoms with Crippen molar-refractivity contribution in [2.24, 2.45) is 0 Å². The Balaban J connectivity index is 1.30. The summed E-state index contributed by atoms with van der Waals surface area (Å²) in [7, 11) is 1.67. The SMILES string of the molecule is COc1ccc(C)nc1N1CCC(c2nnc3n2-c2ccc(Cl)cc2CN(C2(C)CC(F)(F)C2)C3)CC1. The molecule has 2 aliphatic heterocycles. The fraction of sp³-hybridized carbons (Fsp3) is 0.519. The molecule has 2 fully saturated rings. The van der Waals surface area contributed by atoms with E-state index in [-0.39, 0.29) is 18.8 Å². The standard InChI is InChI=1S/C27H31ClF2N6O/c1-17-4-7-22(37-3)25(31-17)34-10-8-18(9-11-34)24-33-32-23-14-35(26(2)15-27(29,30)16-26)13-19-12-20(28)5-6-21(19)36(23)24/h4-7,12,18H,8-11,13-16H2,1-3H3. The smallest absolute Gasteiger partial charge is 0.251 e. The van der Waals surface area contributed by atoms with E-state index < -0.39 is 11.5 Å². The number of halogens is 3. The summed E-state index contributed by atoms with van der Waals surface area (Å²) in [6.45, 7) is 6.57. The van der Waals surface area contributed by atoms with E-state index in [0.29, 0.717) is 18.1 Å². The van der Waals surface area contributed by atoms with Crippen molar-refractivity contribution in [2.45, 2.75) is 70.0 Å². The van der Waals surface area contributed by atoms with Crippen molar-refractivity contribution in [3.8, 4) is 11.4 Å². The highest BCUT2D eigenvalue weighted by Crippen LogP contribution is 2.50. The Bertz CT molecular complexity index is 1330. The number of piperidine rings is 1. The molecule has 0 radical (unpaired) electrons. The predicted octanol–water partition coefficient (Wildman–Crippen LogP) is 5.52. The van der Waals surface area contributed by atoms with Crippen LogP contribution in [0, 0.1) is 6.92 Å². The molecule has 1 aliphatic carbocycles. The van der Waals surface area contributed by atoms with E-state index in [1.54, 1.807) is 7.11 Å². The van der Waals surface area contributed by atoms with Crippen molar-refractivity contribution >= 4 is 17.4 Å². The molecule has 0 atom stereocenters. The first kappa shape index (κ1) is 24.6. The van der Waals surface area contributed by atoms with Crippen molar-refractivity contribution < 1.29 is 13.5 Å². The van der Waals surface area contributed by atoms with E-state index in [0.717, 1.165) is 66.1 Å². The van der Waals surface area contributed by atoms with Crippen LogP contribution in [0.3, 0.4) is 0 Å². The van der Waals surface area contributed by atoms with E-state index in [9.17, 15) is 8.78 Å². The third kappa shape index (κ3) is 4.36. The lowest BCUT2D eigenvalue weighted by atomic mass is 9.73. The van der Waals surface area contributed by atoms with Gasteiger partial charge in [0.15, 0.2) is 17.4 Å². The first-order chi connectivity index (χ1) is 17.7. The van der Waals surface area contributed by atoms with Crippen LogP contribution in [-0.2, 0) is 13.1 Å². The minimum absolute atomic E-state index is 0.147. The quantitative estimate of drug-likeness (QED) is 0.444. The van der Waals surface area contributed by atoms with Gasteiger partial charge in [-0.25, -0.2) is 13.8 Å². The number of ether oxygens (including phenoxy) is 1. The van der Waals surface area contributed by atoms with Crippen LogP contribution in [0.4, 0.5) is 14.6 Å². The van der Waals surface area contributed by atoms with Crippen LogP contribution < -0.4 is 9.64 Å². The first-order valence-electron chi connectivity index (χ1n) is 12.8. The number of anilines is 1. The molecule has 0 spiro atoms. The molecule has 2 aromatic heterocycles. The molecule has 0 bridgehead atoms. The number of fused-ring (bicyclic) bond motifs is 3. The lowest BCUT2D eigenvalue weighted by molar-refractivity contribution is -0.173. The number of rotatable bonds is 4. The van der Waals surface area contributed by atoms with Crippen molar-refractivity contribution in [3.05, 3.63) is 58.3 Å². The van der Waals surface area contributed by atoms with Crippen molar-refractivity contribution in [3.63, 3.8) is 0 Å². The molecule has 196 valence electrons. The molecular formula is C27H31ClF2N6O. The second-order valence-electron chi connectivity index (χ2n) is 10.9. The van der Waals surface area contributed by atoms with E-state index in [2.05, 4.69) is 24.6 Å².